The Morgan fingerprint density at radius 2 is 1.05 bits per heavy atom. The van der Waals surface area contributed by atoms with Gasteiger partial charge in [-0.05, 0) is 96.7 Å². The maximum atomic E-state index is 14.4. The fourth-order valence-corrected chi connectivity index (χ4v) is 4.11. The van der Waals surface area contributed by atoms with Crippen LogP contribution in [0.1, 0.15) is 73.4 Å². The van der Waals surface area contributed by atoms with Crippen molar-refractivity contribution in [2.75, 3.05) is 10.6 Å². The number of hydrogen-bond acceptors (Lipinski definition) is 3. The molecule has 41 heavy (non-hydrogen) atoms. The summed E-state index contributed by atoms with van der Waals surface area (Å²) in [4.78, 5) is 0. The molecule has 0 saturated carbocycles. The first-order valence-corrected chi connectivity index (χ1v) is 14.4. The summed E-state index contributed by atoms with van der Waals surface area (Å²) in [6.45, 7) is 21.2. The third kappa shape index (κ3) is 12.4. The van der Waals surface area contributed by atoms with Crippen molar-refractivity contribution in [1.29, 1.82) is 0 Å². The molecule has 0 radical (unpaired) electrons. The summed E-state index contributed by atoms with van der Waals surface area (Å²) in [6.07, 6.45) is 0. The van der Waals surface area contributed by atoms with E-state index in [2.05, 4.69) is 16.0 Å². The van der Waals surface area contributed by atoms with Crippen LogP contribution in [0.25, 0.3) is 11.1 Å². The van der Waals surface area contributed by atoms with E-state index in [1.54, 1.807) is 39.0 Å². The zero-order valence-electron chi connectivity index (χ0n) is 26.7. The standard InChI is InChI=1S/C16H18FN.C10H14FN.C9H18FN/c1-11(2)18-15-10-6-9-14(16(15)17)13-8-5-4-7-12(13)3;1-7(2)12-9-6-4-5-8(3)10(9)11;1-6(2)9(10)8(5)11-7(3)4/h4-11,18H,1-3H3;4-7,12H,1-3H3;7-8,11H,1-5H3/t;;8-/m..0/s1. The van der Waals surface area contributed by atoms with Crippen LogP contribution in [0.4, 0.5) is 24.5 Å². The van der Waals surface area contributed by atoms with Gasteiger partial charge in [-0.3, -0.25) is 0 Å². The fraction of sp³-hybridized carbons (Fsp3) is 0.429. The van der Waals surface area contributed by atoms with Gasteiger partial charge in [-0.25, -0.2) is 13.2 Å². The van der Waals surface area contributed by atoms with Crippen LogP contribution >= 0.6 is 0 Å². The van der Waals surface area contributed by atoms with Gasteiger partial charge < -0.3 is 16.0 Å². The highest BCUT2D eigenvalue weighted by atomic mass is 19.1. The van der Waals surface area contributed by atoms with Crippen LogP contribution in [0.3, 0.4) is 0 Å². The second-order valence-electron chi connectivity index (χ2n) is 11.4. The Bertz CT molecular complexity index is 1250. The van der Waals surface area contributed by atoms with E-state index < -0.39 is 0 Å². The number of aryl methyl sites for hydroxylation is 2. The van der Waals surface area contributed by atoms with Gasteiger partial charge in [0.05, 0.1) is 17.4 Å². The van der Waals surface area contributed by atoms with Crippen molar-refractivity contribution >= 4 is 11.4 Å². The van der Waals surface area contributed by atoms with Crippen LogP contribution in [0, 0.1) is 25.5 Å². The van der Waals surface area contributed by atoms with Gasteiger partial charge in [0.15, 0.2) is 5.82 Å². The van der Waals surface area contributed by atoms with E-state index in [-0.39, 0.29) is 35.6 Å². The highest BCUT2D eigenvalue weighted by Gasteiger charge is 2.12. The molecule has 3 nitrogen and oxygen atoms in total. The van der Waals surface area contributed by atoms with Crippen LogP contribution in [-0.4, -0.2) is 24.2 Å². The van der Waals surface area contributed by atoms with Gasteiger partial charge in [-0.1, -0.05) is 62.4 Å². The van der Waals surface area contributed by atoms with Crippen molar-refractivity contribution in [1.82, 2.24) is 5.32 Å². The summed E-state index contributed by atoms with van der Waals surface area (Å²) in [5, 5.41) is 9.26. The number of allylic oxidation sites excluding steroid dienone is 1. The molecule has 3 aromatic carbocycles. The van der Waals surface area contributed by atoms with E-state index >= 15 is 0 Å². The predicted octanol–water partition coefficient (Wildman–Crippen LogP) is 10.2. The lowest BCUT2D eigenvalue weighted by Gasteiger charge is -2.15. The highest BCUT2D eigenvalue weighted by molar-refractivity contribution is 5.72. The largest absolute Gasteiger partial charge is 0.380 e. The van der Waals surface area contributed by atoms with E-state index in [0.717, 1.165) is 16.7 Å². The minimum Gasteiger partial charge on any atom is -0.380 e. The third-order valence-corrected chi connectivity index (χ3v) is 5.96. The monoisotopic (exact) mass is 569 g/mol. The quantitative estimate of drug-likeness (QED) is 0.253. The smallest absolute Gasteiger partial charge is 0.154 e. The first-order chi connectivity index (χ1) is 19.1. The first kappa shape index (κ1) is 35.8. The van der Waals surface area contributed by atoms with Gasteiger partial charge in [-0.2, -0.15) is 0 Å². The molecule has 0 spiro atoms. The van der Waals surface area contributed by atoms with E-state index in [9.17, 15) is 13.2 Å². The summed E-state index contributed by atoms with van der Waals surface area (Å²) >= 11 is 0. The van der Waals surface area contributed by atoms with Crippen molar-refractivity contribution in [3.63, 3.8) is 0 Å². The molecule has 0 amide bonds. The molecule has 3 rings (SSSR count). The Balaban J connectivity index is 0.000000323. The molecule has 0 aliphatic heterocycles. The molecular weight excluding hydrogens is 519 g/mol. The normalized spacial score (nSPS) is 11.3. The van der Waals surface area contributed by atoms with Gasteiger partial charge in [0.25, 0.3) is 0 Å². The molecule has 0 aromatic heterocycles. The van der Waals surface area contributed by atoms with Crippen molar-refractivity contribution in [2.24, 2.45) is 0 Å². The zero-order chi connectivity index (χ0) is 31.3. The molecular formula is C35H50F3N3. The lowest BCUT2D eigenvalue weighted by Crippen LogP contribution is -2.33. The molecule has 0 bridgehead atoms. The van der Waals surface area contributed by atoms with Crippen LogP contribution in [0.15, 0.2) is 72.1 Å². The van der Waals surface area contributed by atoms with Gasteiger partial charge in [0.2, 0.25) is 0 Å². The third-order valence-electron chi connectivity index (χ3n) is 5.96. The molecule has 1 atom stereocenters. The van der Waals surface area contributed by atoms with Crippen molar-refractivity contribution in [3.05, 3.63) is 94.8 Å². The van der Waals surface area contributed by atoms with Gasteiger partial charge in [0, 0.05) is 23.7 Å². The number of nitrogens with one attached hydrogen (secondary N) is 3. The SMILES string of the molecule is CC(C)=C(F)[C@H](C)NC(C)C.Cc1cccc(NC(C)C)c1F.Cc1ccccc1-c1cccc(NC(C)C)c1F. The summed E-state index contributed by atoms with van der Waals surface area (Å²) < 4.78 is 40.8. The van der Waals surface area contributed by atoms with Crippen LogP contribution in [-0.2, 0) is 0 Å². The number of halogens is 3. The van der Waals surface area contributed by atoms with E-state index in [1.165, 1.54) is 0 Å². The second kappa shape index (κ2) is 17.5. The predicted molar refractivity (Wildman–Crippen MR) is 172 cm³/mol. The molecule has 0 fully saturated rings. The molecule has 0 aliphatic rings. The van der Waals surface area contributed by atoms with Crippen LogP contribution < -0.4 is 16.0 Å². The topological polar surface area (TPSA) is 36.1 Å². The summed E-state index contributed by atoms with van der Waals surface area (Å²) in [7, 11) is 0. The number of hydrogen-bond donors (Lipinski definition) is 3. The van der Waals surface area contributed by atoms with Crippen LogP contribution in [0.2, 0.25) is 0 Å². The highest BCUT2D eigenvalue weighted by Crippen LogP contribution is 2.30. The maximum Gasteiger partial charge on any atom is 0.154 e. The Morgan fingerprint density at radius 1 is 0.585 bits per heavy atom. The van der Waals surface area contributed by atoms with E-state index in [4.69, 9.17) is 0 Å². The van der Waals surface area contributed by atoms with Crippen molar-refractivity contribution in [3.8, 4) is 11.1 Å². The summed E-state index contributed by atoms with van der Waals surface area (Å²) in [5.74, 6) is -0.370. The van der Waals surface area contributed by atoms with E-state index in [1.807, 2.05) is 97.9 Å². The molecule has 0 heterocycles. The Kier molecular flexibility index (Phi) is 15.3. The minimum atomic E-state index is -0.180. The fourth-order valence-electron chi connectivity index (χ4n) is 4.11. The average molecular weight is 570 g/mol. The number of anilines is 2. The van der Waals surface area contributed by atoms with Gasteiger partial charge in [-0.15, -0.1) is 0 Å². The first-order valence-electron chi connectivity index (χ1n) is 14.4. The Morgan fingerprint density at radius 3 is 1.54 bits per heavy atom. The van der Waals surface area contributed by atoms with Crippen LogP contribution in [0.5, 0.6) is 0 Å². The zero-order valence-corrected chi connectivity index (χ0v) is 26.7. The summed E-state index contributed by atoms with van der Waals surface area (Å²) in [5.41, 5.74) is 5.27. The van der Waals surface area contributed by atoms with Gasteiger partial charge in [0.1, 0.15) is 11.6 Å². The molecule has 0 aliphatic carbocycles. The average Bonchev–Trinajstić information content (AvgIpc) is 2.88. The molecule has 3 aromatic rings. The number of rotatable bonds is 8. The van der Waals surface area contributed by atoms with Crippen molar-refractivity contribution in [2.45, 2.75) is 100 Å². The maximum absolute atomic E-state index is 14.4. The lowest BCUT2D eigenvalue weighted by atomic mass is 9.99. The molecule has 0 saturated heterocycles. The van der Waals surface area contributed by atoms with Crippen molar-refractivity contribution < 1.29 is 13.2 Å². The molecule has 3 N–H and O–H groups in total. The molecule has 0 unspecified atom stereocenters. The lowest BCUT2D eigenvalue weighted by molar-refractivity contribution is 0.448. The summed E-state index contributed by atoms with van der Waals surface area (Å²) in [6, 6.07) is 19.4. The Labute approximate surface area is 246 Å². The second-order valence-corrected chi connectivity index (χ2v) is 11.4. The van der Waals surface area contributed by atoms with Gasteiger partial charge >= 0.3 is 0 Å². The minimum absolute atomic E-state index is 0.0429. The molecule has 226 valence electrons. The Hall–Kier alpha value is -3.25. The number of benzene rings is 3. The molecule has 6 heteroatoms. The van der Waals surface area contributed by atoms with E-state index in [0.29, 0.717) is 28.5 Å².